The maximum Gasteiger partial charge on any atom is 0.428 e. The minimum Gasteiger partial charge on any atom is -0.435 e. The molecule has 3 N–H and O–H groups in total. The second-order valence-electron chi connectivity index (χ2n) is 11.0. The van der Waals surface area contributed by atoms with Gasteiger partial charge in [0.05, 0.1) is 23.8 Å². The third kappa shape index (κ3) is 4.73. The molecule has 1 spiro atoms. The number of nitrogens with zero attached hydrogens (tertiary/aromatic N) is 4. The van der Waals surface area contributed by atoms with Gasteiger partial charge in [-0.05, 0) is 70.4 Å². The zero-order valence-electron chi connectivity index (χ0n) is 21.5. The number of halogens is 1. The molecule has 2 saturated heterocycles. The number of carbonyl (C=O) groups is 2. The lowest BCUT2D eigenvalue weighted by Crippen LogP contribution is -2.52. The Balaban J connectivity index is 1.12. The molecule has 202 valence electrons. The average molecular weight is 542 g/mol. The van der Waals surface area contributed by atoms with Crippen LogP contribution in [0.2, 0.25) is 5.02 Å². The molecule has 2 bridgehead atoms. The number of ether oxygens (including phenoxy) is 2. The van der Waals surface area contributed by atoms with E-state index in [4.69, 9.17) is 26.1 Å². The number of aromatic nitrogens is 3. The smallest absolute Gasteiger partial charge is 0.428 e. The number of amides is 2. The molecule has 0 unspecified atom stereocenters. The minimum absolute atomic E-state index is 0.0142. The Morgan fingerprint density at radius 1 is 1.34 bits per heavy atom. The SMILES string of the molecule is Cc1cc(C(=O)N[C@@H](C)CC2CCC3(CC2)OC(=O)NN=C3c2cnc(N3C[C@H]4C[C@@H]3CO4)cc2Cl)n[nH]1. The number of aryl methyl sites for hydroxylation is 1. The number of hydrogen-bond donors (Lipinski definition) is 3. The van der Waals surface area contributed by atoms with E-state index < -0.39 is 11.7 Å². The highest BCUT2D eigenvalue weighted by atomic mass is 35.5. The van der Waals surface area contributed by atoms with Gasteiger partial charge in [0.15, 0.2) is 5.60 Å². The van der Waals surface area contributed by atoms with Crippen molar-refractivity contribution in [2.45, 2.75) is 76.2 Å². The third-order valence-corrected chi connectivity index (χ3v) is 8.50. The fraction of sp³-hybridized carbons (Fsp3) is 0.577. The molecule has 38 heavy (non-hydrogen) atoms. The second kappa shape index (κ2) is 9.85. The Labute approximate surface area is 225 Å². The summed E-state index contributed by atoms with van der Waals surface area (Å²) in [6, 6.07) is 3.93. The summed E-state index contributed by atoms with van der Waals surface area (Å²) < 4.78 is 11.6. The summed E-state index contributed by atoms with van der Waals surface area (Å²) in [6.07, 6.45) is 6.18. The normalized spacial score (nSPS) is 29.1. The Hall–Kier alpha value is -3.18. The maximum absolute atomic E-state index is 12.5. The van der Waals surface area contributed by atoms with Crippen LogP contribution < -0.4 is 15.6 Å². The number of carbonyl (C=O) groups excluding carboxylic acids is 2. The Morgan fingerprint density at radius 2 is 2.16 bits per heavy atom. The van der Waals surface area contributed by atoms with E-state index in [1.54, 1.807) is 12.3 Å². The van der Waals surface area contributed by atoms with E-state index in [-0.39, 0.29) is 18.1 Å². The molecule has 0 aromatic carbocycles. The molecule has 5 heterocycles. The Bertz CT molecular complexity index is 1270. The van der Waals surface area contributed by atoms with Crippen LogP contribution in [0, 0.1) is 12.8 Å². The van der Waals surface area contributed by atoms with Crippen molar-refractivity contribution in [1.29, 1.82) is 0 Å². The summed E-state index contributed by atoms with van der Waals surface area (Å²) in [5, 5.41) is 14.8. The summed E-state index contributed by atoms with van der Waals surface area (Å²) in [4.78, 5) is 31.7. The zero-order valence-corrected chi connectivity index (χ0v) is 22.3. The standard InChI is InChI=1S/C26H32ClN7O4/c1-14(29-24(35)21-8-15(2)30-31-21)7-16-3-5-26(6-4-16)23(32-33-25(36)38-26)19-11-28-22(10-20(19)27)34-12-18-9-17(34)13-37-18/h8,10-11,14,16-18H,3-7,9,12-13H2,1-2H3,(H,29,35)(H,30,31)(H,33,36)/t14-,16?,17+,18+,26?/m0/s1. The third-order valence-electron chi connectivity index (χ3n) is 8.18. The van der Waals surface area contributed by atoms with Gasteiger partial charge in [-0.2, -0.15) is 10.2 Å². The Kier molecular flexibility index (Phi) is 6.51. The molecule has 2 amide bonds. The molecule has 12 heteroatoms. The number of fused-ring (bicyclic) bond motifs is 2. The molecule has 6 rings (SSSR count). The Morgan fingerprint density at radius 3 is 2.82 bits per heavy atom. The van der Waals surface area contributed by atoms with Crippen LogP contribution in [-0.2, 0) is 9.47 Å². The van der Waals surface area contributed by atoms with Crippen LogP contribution >= 0.6 is 11.6 Å². The molecule has 3 atom stereocenters. The minimum atomic E-state index is -0.856. The summed E-state index contributed by atoms with van der Waals surface area (Å²) in [5.41, 5.74) is 4.12. The molecule has 3 fully saturated rings. The number of pyridine rings is 1. The number of hydrazone groups is 1. The van der Waals surface area contributed by atoms with Crippen molar-refractivity contribution in [2.75, 3.05) is 18.1 Å². The first-order valence-electron chi connectivity index (χ1n) is 13.2. The average Bonchev–Trinajstić information content (AvgIpc) is 3.64. The zero-order chi connectivity index (χ0) is 26.4. The van der Waals surface area contributed by atoms with E-state index in [0.717, 1.165) is 43.7 Å². The summed E-state index contributed by atoms with van der Waals surface area (Å²) in [7, 11) is 0. The van der Waals surface area contributed by atoms with E-state index in [9.17, 15) is 9.59 Å². The highest BCUT2D eigenvalue weighted by molar-refractivity contribution is 6.35. The van der Waals surface area contributed by atoms with Crippen molar-refractivity contribution in [3.63, 3.8) is 0 Å². The predicted molar refractivity (Wildman–Crippen MR) is 140 cm³/mol. The van der Waals surface area contributed by atoms with Gasteiger partial charge in [-0.25, -0.2) is 15.2 Å². The first-order chi connectivity index (χ1) is 18.3. The van der Waals surface area contributed by atoms with Crippen LogP contribution in [0.5, 0.6) is 0 Å². The van der Waals surface area contributed by atoms with Crippen molar-refractivity contribution in [2.24, 2.45) is 11.0 Å². The molecule has 3 aliphatic heterocycles. The highest BCUT2D eigenvalue weighted by Crippen LogP contribution is 2.42. The molecular formula is C26H32ClN7O4. The topological polar surface area (TPSA) is 134 Å². The van der Waals surface area contributed by atoms with Crippen LogP contribution in [0.4, 0.5) is 10.6 Å². The molecule has 1 aliphatic carbocycles. The first-order valence-corrected chi connectivity index (χ1v) is 13.6. The molecule has 0 radical (unpaired) electrons. The fourth-order valence-corrected chi connectivity index (χ4v) is 6.54. The lowest BCUT2D eigenvalue weighted by Gasteiger charge is -2.42. The number of aromatic amines is 1. The van der Waals surface area contributed by atoms with E-state index in [2.05, 4.69) is 30.9 Å². The quantitative estimate of drug-likeness (QED) is 0.510. The number of nitrogens with one attached hydrogen (secondary N) is 3. The highest BCUT2D eigenvalue weighted by Gasteiger charge is 2.47. The van der Waals surface area contributed by atoms with Crippen molar-refractivity contribution < 1.29 is 19.1 Å². The lowest BCUT2D eigenvalue weighted by atomic mass is 9.73. The monoisotopic (exact) mass is 541 g/mol. The molecule has 2 aromatic heterocycles. The van der Waals surface area contributed by atoms with Gasteiger partial charge in [0.1, 0.15) is 17.2 Å². The summed E-state index contributed by atoms with van der Waals surface area (Å²) in [6.45, 7) is 5.40. The van der Waals surface area contributed by atoms with Crippen LogP contribution in [0.15, 0.2) is 23.4 Å². The molecule has 4 aliphatic rings. The van der Waals surface area contributed by atoms with Crippen molar-refractivity contribution >= 4 is 35.1 Å². The van der Waals surface area contributed by atoms with Crippen molar-refractivity contribution in [3.05, 3.63) is 40.3 Å². The number of rotatable bonds is 6. The predicted octanol–water partition coefficient (Wildman–Crippen LogP) is 3.33. The maximum atomic E-state index is 12.5. The van der Waals surface area contributed by atoms with Crippen molar-refractivity contribution in [3.8, 4) is 0 Å². The molecular weight excluding hydrogens is 510 g/mol. The van der Waals surface area contributed by atoms with Gasteiger partial charge in [-0.3, -0.25) is 9.89 Å². The number of anilines is 1. The van der Waals surface area contributed by atoms with Gasteiger partial charge in [-0.1, -0.05) is 11.6 Å². The van der Waals surface area contributed by atoms with E-state index in [0.29, 0.717) is 53.4 Å². The van der Waals surface area contributed by atoms with Gasteiger partial charge in [-0.15, -0.1) is 0 Å². The van der Waals surface area contributed by atoms with Crippen LogP contribution in [0.25, 0.3) is 0 Å². The van der Waals surface area contributed by atoms with Crippen LogP contribution in [-0.4, -0.2) is 69.8 Å². The van der Waals surface area contributed by atoms with Gasteiger partial charge in [0, 0.05) is 30.0 Å². The first kappa shape index (κ1) is 25.1. The summed E-state index contributed by atoms with van der Waals surface area (Å²) in [5.74, 6) is 1.01. The number of hydrogen-bond acceptors (Lipinski definition) is 8. The van der Waals surface area contributed by atoms with Gasteiger partial charge in [0.2, 0.25) is 0 Å². The van der Waals surface area contributed by atoms with Gasteiger partial charge < -0.3 is 19.7 Å². The van der Waals surface area contributed by atoms with E-state index in [1.165, 1.54) is 0 Å². The van der Waals surface area contributed by atoms with Crippen LogP contribution in [0.1, 0.15) is 67.2 Å². The van der Waals surface area contributed by atoms with Crippen molar-refractivity contribution in [1.82, 2.24) is 25.9 Å². The van der Waals surface area contributed by atoms with E-state index >= 15 is 0 Å². The van der Waals surface area contributed by atoms with Gasteiger partial charge in [0.25, 0.3) is 5.91 Å². The molecule has 11 nitrogen and oxygen atoms in total. The van der Waals surface area contributed by atoms with E-state index in [1.807, 2.05) is 19.9 Å². The fourth-order valence-electron chi connectivity index (χ4n) is 6.30. The molecule has 2 aromatic rings. The lowest BCUT2D eigenvalue weighted by molar-refractivity contribution is 0.0154. The number of morpholine rings is 1. The summed E-state index contributed by atoms with van der Waals surface area (Å²) >= 11 is 6.79. The van der Waals surface area contributed by atoms with Crippen LogP contribution in [0.3, 0.4) is 0 Å². The number of H-pyrrole nitrogens is 1. The molecule has 1 saturated carbocycles. The largest absolute Gasteiger partial charge is 0.435 e. The van der Waals surface area contributed by atoms with Gasteiger partial charge >= 0.3 is 6.09 Å². The second-order valence-corrected chi connectivity index (χ2v) is 11.4.